The minimum Gasteiger partial charge on any atom is -0.493 e. The number of ether oxygens (including phenoxy) is 1. The van der Waals surface area contributed by atoms with Crippen molar-refractivity contribution in [3.63, 3.8) is 0 Å². The second-order valence-electron chi connectivity index (χ2n) is 6.53. The fraction of sp³-hybridized carbons (Fsp3) is 0.667. The van der Waals surface area contributed by atoms with E-state index >= 15 is 0 Å². The van der Waals surface area contributed by atoms with Crippen LogP contribution in [-0.2, 0) is 0 Å². The molecule has 1 aromatic rings. The Kier molecular flexibility index (Phi) is 6.07. The lowest BCUT2D eigenvalue weighted by Crippen LogP contribution is -2.42. The molecule has 1 fully saturated rings. The third kappa shape index (κ3) is 5.01. The highest BCUT2D eigenvalue weighted by molar-refractivity contribution is 5.35. The zero-order valence-corrected chi connectivity index (χ0v) is 13.8. The zero-order chi connectivity index (χ0) is 15.2. The summed E-state index contributed by atoms with van der Waals surface area (Å²) in [7, 11) is 0. The van der Waals surface area contributed by atoms with Gasteiger partial charge in [-0.15, -0.1) is 0 Å². The average Bonchev–Trinajstić information content (AvgIpc) is 2.47. The number of nitrogens with zero attached hydrogens (tertiary/aromatic N) is 1. The molecule has 0 aliphatic carbocycles. The van der Waals surface area contributed by atoms with Crippen molar-refractivity contribution in [3.8, 4) is 5.75 Å². The van der Waals surface area contributed by atoms with Crippen molar-refractivity contribution in [2.45, 2.75) is 46.1 Å². The molecule has 0 radical (unpaired) electrons. The van der Waals surface area contributed by atoms with Gasteiger partial charge in [0.05, 0.1) is 6.61 Å². The number of hydrogen-bond donors (Lipinski definition) is 1. The van der Waals surface area contributed by atoms with Gasteiger partial charge in [-0.3, -0.25) is 0 Å². The van der Waals surface area contributed by atoms with E-state index in [0.29, 0.717) is 12.0 Å². The minimum absolute atomic E-state index is 0.319. The minimum atomic E-state index is 0.319. The predicted molar refractivity (Wildman–Crippen MR) is 88.8 cm³/mol. The Labute approximate surface area is 129 Å². The van der Waals surface area contributed by atoms with Gasteiger partial charge >= 0.3 is 0 Å². The van der Waals surface area contributed by atoms with E-state index in [1.165, 1.54) is 30.5 Å². The maximum Gasteiger partial charge on any atom is 0.122 e. The summed E-state index contributed by atoms with van der Waals surface area (Å²) in [6.07, 6.45) is 3.65. The third-order valence-electron chi connectivity index (χ3n) is 4.51. The van der Waals surface area contributed by atoms with Crippen LogP contribution in [0.5, 0.6) is 5.75 Å². The Bertz CT molecular complexity index is 445. The smallest absolute Gasteiger partial charge is 0.122 e. The zero-order valence-electron chi connectivity index (χ0n) is 13.8. The van der Waals surface area contributed by atoms with Crippen LogP contribution in [0.2, 0.25) is 0 Å². The first-order valence-corrected chi connectivity index (χ1v) is 8.24. The van der Waals surface area contributed by atoms with E-state index < -0.39 is 0 Å². The van der Waals surface area contributed by atoms with E-state index in [4.69, 9.17) is 10.5 Å². The summed E-state index contributed by atoms with van der Waals surface area (Å²) in [6, 6.07) is 6.70. The SMILES string of the molecule is Cc1ccc(C)c(OCCCN2CCCC(C(C)N)C2)c1. The highest BCUT2D eigenvalue weighted by Gasteiger charge is 2.22. The van der Waals surface area contributed by atoms with Gasteiger partial charge < -0.3 is 15.4 Å². The summed E-state index contributed by atoms with van der Waals surface area (Å²) < 4.78 is 5.93. The first kappa shape index (κ1) is 16.3. The predicted octanol–water partition coefficient (Wildman–Crippen LogP) is 3.13. The van der Waals surface area contributed by atoms with E-state index in [1.807, 2.05) is 0 Å². The Balaban J connectivity index is 1.71. The van der Waals surface area contributed by atoms with Crippen molar-refractivity contribution >= 4 is 0 Å². The fourth-order valence-corrected chi connectivity index (χ4v) is 3.06. The van der Waals surface area contributed by atoms with Crippen LogP contribution in [0.15, 0.2) is 18.2 Å². The molecule has 2 atom stereocenters. The third-order valence-corrected chi connectivity index (χ3v) is 4.51. The van der Waals surface area contributed by atoms with Crippen molar-refractivity contribution in [2.75, 3.05) is 26.2 Å². The molecule has 1 aromatic carbocycles. The summed E-state index contributed by atoms with van der Waals surface area (Å²) in [5, 5.41) is 0. The lowest BCUT2D eigenvalue weighted by Gasteiger charge is -2.34. The Morgan fingerprint density at radius 3 is 2.95 bits per heavy atom. The molecule has 1 heterocycles. The van der Waals surface area contributed by atoms with Crippen LogP contribution >= 0.6 is 0 Å². The second-order valence-corrected chi connectivity index (χ2v) is 6.53. The average molecular weight is 290 g/mol. The van der Waals surface area contributed by atoms with Gasteiger partial charge in [-0.1, -0.05) is 12.1 Å². The highest BCUT2D eigenvalue weighted by atomic mass is 16.5. The van der Waals surface area contributed by atoms with Crippen LogP contribution in [0, 0.1) is 19.8 Å². The lowest BCUT2D eigenvalue weighted by molar-refractivity contribution is 0.150. The molecule has 3 nitrogen and oxygen atoms in total. The molecule has 1 aliphatic rings. The molecule has 118 valence electrons. The van der Waals surface area contributed by atoms with Crippen molar-refractivity contribution in [3.05, 3.63) is 29.3 Å². The van der Waals surface area contributed by atoms with Crippen LogP contribution in [0.25, 0.3) is 0 Å². The van der Waals surface area contributed by atoms with Crippen molar-refractivity contribution in [1.29, 1.82) is 0 Å². The van der Waals surface area contributed by atoms with E-state index in [1.54, 1.807) is 0 Å². The quantitative estimate of drug-likeness (QED) is 0.818. The molecule has 2 N–H and O–H groups in total. The summed E-state index contributed by atoms with van der Waals surface area (Å²) in [5.41, 5.74) is 8.51. The standard InChI is InChI=1S/C18H30N2O/c1-14-7-8-15(2)18(12-14)21-11-5-10-20-9-4-6-17(13-20)16(3)19/h7-8,12,16-17H,4-6,9-11,13,19H2,1-3H3. The van der Waals surface area contributed by atoms with Gasteiger partial charge in [0.25, 0.3) is 0 Å². The summed E-state index contributed by atoms with van der Waals surface area (Å²) in [5.74, 6) is 1.70. The lowest BCUT2D eigenvalue weighted by atomic mass is 9.92. The van der Waals surface area contributed by atoms with Gasteiger partial charge in [-0.25, -0.2) is 0 Å². The monoisotopic (exact) mass is 290 g/mol. The van der Waals surface area contributed by atoms with Gasteiger partial charge in [-0.05, 0) is 69.7 Å². The van der Waals surface area contributed by atoms with Crippen LogP contribution in [-0.4, -0.2) is 37.2 Å². The largest absolute Gasteiger partial charge is 0.493 e. The molecular formula is C18H30N2O. The number of nitrogens with two attached hydrogens (primary N) is 1. The van der Waals surface area contributed by atoms with E-state index in [-0.39, 0.29) is 0 Å². The van der Waals surface area contributed by atoms with E-state index in [0.717, 1.165) is 31.9 Å². The molecule has 0 bridgehead atoms. The van der Waals surface area contributed by atoms with E-state index in [9.17, 15) is 0 Å². The number of rotatable bonds is 6. The first-order valence-electron chi connectivity index (χ1n) is 8.24. The summed E-state index contributed by atoms with van der Waals surface area (Å²) in [4.78, 5) is 2.55. The van der Waals surface area contributed by atoms with Gasteiger partial charge in [0.1, 0.15) is 5.75 Å². The maximum atomic E-state index is 6.04. The molecule has 1 saturated heterocycles. The van der Waals surface area contributed by atoms with Crippen LogP contribution in [0.1, 0.15) is 37.3 Å². The van der Waals surface area contributed by atoms with Crippen LogP contribution < -0.4 is 10.5 Å². The first-order chi connectivity index (χ1) is 10.1. The molecule has 0 spiro atoms. The molecule has 0 amide bonds. The van der Waals surface area contributed by atoms with Crippen molar-refractivity contribution < 1.29 is 4.74 Å². The molecule has 2 rings (SSSR count). The normalized spacial score (nSPS) is 21.2. The van der Waals surface area contributed by atoms with Gasteiger partial charge in [-0.2, -0.15) is 0 Å². The molecule has 1 aliphatic heterocycles. The summed E-state index contributed by atoms with van der Waals surface area (Å²) >= 11 is 0. The molecule has 21 heavy (non-hydrogen) atoms. The Morgan fingerprint density at radius 1 is 1.38 bits per heavy atom. The van der Waals surface area contributed by atoms with Crippen LogP contribution in [0.4, 0.5) is 0 Å². The van der Waals surface area contributed by atoms with Crippen LogP contribution in [0.3, 0.4) is 0 Å². The highest BCUT2D eigenvalue weighted by Crippen LogP contribution is 2.20. The number of hydrogen-bond acceptors (Lipinski definition) is 3. The number of piperidine rings is 1. The number of likely N-dealkylation sites (tertiary alicyclic amines) is 1. The topological polar surface area (TPSA) is 38.5 Å². The van der Waals surface area contributed by atoms with Crippen molar-refractivity contribution in [1.82, 2.24) is 4.90 Å². The molecule has 0 saturated carbocycles. The molecule has 0 aromatic heterocycles. The van der Waals surface area contributed by atoms with Crippen molar-refractivity contribution in [2.24, 2.45) is 11.7 Å². The molecule has 2 unspecified atom stereocenters. The van der Waals surface area contributed by atoms with Gasteiger partial charge in [0.2, 0.25) is 0 Å². The van der Waals surface area contributed by atoms with E-state index in [2.05, 4.69) is 43.9 Å². The number of aryl methyl sites for hydroxylation is 2. The number of benzene rings is 1. The Hall–Kier alpha value is -1.06. The fourth-order valence-electron chi connectivity index (χ4n) is 3.06. The second kappa shape index (κ2) is 7.81. The maximum absolute atomic E-state index is 6.04. The Morgan fingerprint density at radius 2 is 2.19 bits per heavy atom. The van der Waals surface area contributed by atoms with Gasteiger partial charge in [0, 0.05) is 19.1 Å². The van der Waals surface area contributed by atoms with Gasteiger partial charge in [0.15, 0.2) is 0 Å². The molecular weight excluding hydrogens is 260 g/mol. The molecule has 3 heteroatoms. The summed E-state index contributed by atoms with van der Waals surface area (Å²) in [6.45, 7) is 10.6.